The van der Waals surface area contributed by atoms with Crippen molar-refractivity contribution in [1.82, 2.24) is 15.1 Å². The predicted octanol–water partition coefficient (Wildman–Crippen LogP) is 3.46. The molecule has 2 amide bonds. The summed E-state index contributed by atoms with van der Waals surface area (Å²) in [5.41, 5.74) is 0.493. The number of nitrogens with one attached hydrogen (secondary N) is 1. The Kier molecular flexibility index (Phi) is 8.38. The molecule has 1 aliphatic rings. The molecule has 1 saturated heterocycles. The average molecular weight is 460 g/mol. The highest BCUT2D eigenvalue weighted by molar-refractivity contribution is 5.98. The highest BCUT2D eigenvalue weighted by atomic mass is 19.1. The van der Waals surface area contributed by atoms with E-state index in [1.54, 1.807) is 25.9 Å². The summed E-state index contributed by atoms with van der Waals surface area (Å²) in [6, 6.07) is 10.3. The van der Waals surface area contributed by atoms with Gasteiger partial charge in [0, 0.05) is 32.7 Å². The number of benzene rings is 2. The van der Waals surface area contributed by atoms with E-state index in [4.69, 9.17) is 4.74 Å². The van der Waals surface area contributed by atoms with E-state index in [0.717, 1.165) is 43.0 Å². The fraction of sp³-hybridized carbons (Fsp3) is 0.440. The third kappa shape index (κ3) is 6.28. The van der Waals surface area contributed by atoms with Gasteiger partial charge in [-0.15, -0.1) is 0 Å². The first-order valence-corrected chi connectivity index (χ1v) is 11.2. The summed E-state index contributed by atoms with van der Waals surface area (Å²) in [6.45, 7) is 6.98. The molecule has 0 bridgehead atoms. The van der Waals surface area contributed by atoms with Crippen LogP contribution in [-0.2, 0) is 11.3 Å². The van der Waals surface area contributed by atoms with Crippen molar-refractivity contribution in [1.29, 1.82) is 0 Å². The van der Waals surface area contributed by atoms with Crippen LogP contribution in [0.5, 0.6) is 5.75 Å². The van der Waals surface area contributed by atoms with Crippen LogP contribution in [-0.4, -0.2) is 60.9 Å². The van der Waals surface area contributed by atoms with E-state index in [9.17, 15) is 18.4 Å². The first kappa shape index (κ1) is 24.6. The Morgan fingerprint density at radius 2 is 1.67 bits per heavy atom. The molecule has 0 saturated carbocycles. The van der Waals surface area contributed by atoms with Crippen LogP contribution in [0, 0.1) is 17.6 Å². The molecule has 0 spiro atoms. The zero-order chi connectivity index (χ0) is 24.0. The van der Waals surface area contributed by atoms with E-state index < -0.39 is 29.1 Å². The zero-order valence-corrected chi connectivity index (χ0v) is 19.3. The van der Waals surface area contributed by atoms with Crippen molar-refractivity contribution in [2.45, 2.75) is 32.9 Å². The van der Waals surface area contributed by atoms with Gasteiger partial charge in [-0.1, -0.05) is 32.0 Å². The normalized spacial score (nSPS) is 15.8. The van der Waals surface area contributed by atoms with Crippen LogP contribution in [0.25, 0.3) is 0 Å². The molecular formula is C25H31F2N3O3. The van der Waals surface area contributed by atoms with Crippen LogP contribution in [0.1, 0.15) is 36.2 Å². The summed E-state index contributed by atoms with van der Waals surface area (Å²) in [5, 5.41) is 2.56. The second-order valence-electron chi connectivity index (χ2n) is 8.59. The Balaban J connectivity index is 1.63. The molecule has 0 aliphatic carbocycles. The lowest BCUT2D eigenvalue weighted by molar-refractivity contribution is -0.134. The molecule has 3 rings (SSSR count). The topological polar surface area (TPSA) is 61.9 Å². The van der Waals surface area contributed by atoms with Gasteiger partial charge in [-0.3, -0.25) is 14.5 Å². The van der Waals surface area contributed by atoms with Crippen LogP contribution in [0.2, 0.25) is 0 Å². The summed E-state index contributed by atoms with van der Waals surface area (Å²) in [7, 11) is 1.63. The highest BCUT2D eigenvalue weighted by Crippen LogP contribution is 2.17. The maximum atomic E-state index is 14.0. The van der Waals surface area contributed by atoms with E-state index in [1.165, 1.54) is 6.07 Å². The van der Waals surface area contributed by atoms with Crippen molar-refractivity contribution in [2.24, 2.45) is 5.92 Å². The van der Waals surface area contributed by atoms with Crippen molar-refractivity contribution >= 4 is 11.8 Å². The Morgan fingerprint density at radius 3 is 2.27 bits per heavy atom. The van der Waals surface area contributed by atoms with Crippen molar-refractivity contribution in [2.75, 3.05) is 33.3 Å². The van der Waals surface area contributed by atoms with E-state index in [0.29, 0.717) is 19.6 Å². The van der Waals surface area contributed by atoms with Gasteiger partial charge < -0.3 is 15.0 Å². The molecule has 1 aliphatic heterocycles. The third-order valence-corrected chi connectivity index (χ3v) is 5.87. The van der Waals surface area contributed by atoms with Gasteiger partial charge in [-0.05, 0) is 42.2 Å². The molecule has 1 N–H and O–H groups in total. The van der Waals surface area contributed by atoms with E-state index in [2.05, 4.69) is 10.2 Å². The molecule has 1 heterocycles. The number of carbonyl (C=O) groups is 2. The molecule has 2 aromatic rings. The van der Waals surface area contributed by atoms with Gasteiger partial charge in [0.1, 0.15) is 29.0 Å². The minimum atomic E-state index is -0.952. The minimum absolute atomic E-state index is 0.235. The van der Waals surface area contributed by atoms with Crippen LogP contribution >= 0.6 is 0 Å². The number of ether oxygens (including phenoxy) is 1. The number of hydrogen-bond donors (Lipinski definition) is 1. The van der Waals surface area contributed by atoms with Crippen LogP contribution in [0.4, 0.5) is 8.78 Å². The molecule has 1 atom stereocenters. The molecule has 2 aromatic carbocycles. The monoisotopic (exact) mass is 459 g/mol. The van der Waals surface area contributed by atoms with Crippen LogP contribution in [0.3, 0.4) is 0 Å². The smallest absolute Gasteiger partial charge is 0.257 e. The number of carbonyl (C=O) groups excluding carboxylic acids is 2. The molecule has 0 radical (unpaired) electrons. The van der Waals surface area contributed by atoms with Gasteiger partial charge in [0.25, 0.3) is 5.91 Å². The van der Waals surface area contributed by atoms with Gasteiger partial charge in [-0.2, -0.15) is 0 Å². The minimum Gasteiger partial charge on any atom is -0.497 e. The average Bonchev–Trinajstić information content (AvgIpc) is 3.03. The van der Waals surface area contributed by atoms with E-state index in [-0.39, 0.29) is 11.8 Å². The summed E-state index contributed by atoms with van der Waals surface area (Å²) in [6.07, 6.45) is 0.794. The second kappa shape index (κ2) is 11.2. The zero-order valence-electron chi connectivity index (χ0n) is 19.3. The van der Waals surface area contributed by atoms with Gasteiger partial charge >= 0.3 is 0 Å². The third-order valence-electron chi connectivity index (χ3n) is 5.87. The Bertz CT molecular complexity index is 946. The van der Waals surface area contributed by atoms with Gasteiger partial charge in [0.05, 0.1) is 7.11 Å². The quantitative estimate of drug-likeness (QED) is 0.689. The molecule has 6 nitrogen and oxygen atoms in total. The van der Waals surface area contributed by atoms with Gasteiger partial charge in [0.2, 0.25) is 5.91 Å². The SMILES string of the molecule is COc1ccc(CN2CCCN(C(=O)[C@@H](NC(=O)c3c(F)cccc3F)C(C)C)CC2)cc1. The number of halogens is 2. The van der Waals surface area contributed by atoms with Crippen molar-refractivity contribution in [3.05, 3.63) is 65.2 Å². The van der Waals surface area contributed by atoms with Crippen molar-refractivity contribution < 1.29 is 23.1 Å². The second-order valence-corrected chi connectivity index (χ2v) is 8.59. The first-order chi connectivity index (χ1) is 15.8. The molecule has 8 heteroatoms. The highest BCUT2D eigenvalue weighted by Gasteiger charge is 2.31. The van der Waals surface area contributed by atoms with Gasteiger partial charge in [0.15, 0.2) is 0 Å². The lowest BCUT2D eigenvalue weighted by atomic mass is 10.0. The molecule has 0 unspecified atom stereocenters. The summed E-state index contributed by atoms with van der Waals surface area (Å²) in [4.78, 5) is 29.9. The van der Waals surface area contributed by atoms with Crippen LogP contribution in [0.15, 0.2) is 42.5 Å². The largest absolute Gasteiger partial charge is 0.497 e. The molecule has 33 heavy (non-hydrogen) atoms. The maximum Gasteiger partial charge on any atom is 0.257 e. The first-order valence-electron chi connectivity index (χ1n) is 11.2. The van der Waals surface area contributed by atoms with Crippen molar-refractivity contribution in [3.63, 3.8) is 0 Å². The fourth-order valence-corrected chi connectivity index (χ4v) is 3.98. The summed E-state index contributed by atoms with van der Waals surface area (Å²) < 4.78 is 33.2. The standard InChI is InChI=1S/C25H31F2N3O3/c1-17(2)23(28-24(31)22-20(26)6-4-7-21(22)27)25(32)30-13-5-12-29(14-15-30)16-18-8-10-19(33-3)11-9-18/h4,6-11,17,23H,5,12-16H2,1-3H3,(H,28,31)/t23-/m0/s1. The number of rotatable bonds is 7. The molecule has 0 aromatic heterocycles. The predicted molar refractivity (Wildman–Crippen MR) is 122 cm³/mol. The number of hydrogen-bond acceptors (Lipinski definition) is 4. The Labute approximate surface area is 193 Å². The number of methoxy groups -OCH3 is 1. The molecular weight excluding hydrogens is 428 g/mol. The molecule has 178 valence electrons. The van der Waals surface area contributed by atoms with Gasteiger partial charge in [-0.25, -0.2) is 8.78 Å². The van der Waals surface area contributed by atoms with Crippen LogP contribution < -0.4 is 10.1 Å². The summed E-state index contributed by atoms with van der Waals surface area (Å²) >= 11 is 0. The number of amides is 2. The Hall–Kier alpha value is -3.00. The number of nitrogens with zero attached hydrogens (tertiary/aromatic N) is 2. The summed E-state index contributed by atoms with van der Waals surface area (Å²) in [5.74, 6) is -2.49. The lowest BCUT2D eigenvalue weighted by Gasteiger charge is -2.29. The lowest BCUT2D eigenvalue weighted by Crippen LogP contribution is -2.52. The van der Waals surface area contributed by atoms with E-state index >= 15 is 0 Å². The maximum absolute atomic E-state index is 14.0. The fourth-order valence-electron chi connectivity index (χ4n) is 3.98. The Morgan fingerprint density at radius 1 is 1.00 bits per heavy atom. The van der Waals surface area contributed by atoms with E-state index in [1.807, 2.05) is 24.3 Å². The molecule has 1 fully saturated rings. The van der Waals surface area contributed by atoms with Crippen molar-refractivity contribution in [3.8, 4) is 5.75 Å².